The number of carbonyl (C=O) groups is 1. The Balaban J connectivity index is 1.52. The van der Waals surface area contributed by atoms with Crippen LogP contribution in [-0.4, -0.2) is 74.4 Å². The molecule has 0 N–H and O–H groups in total. The molecule has 2 aromatic rings. The van der Waals surface area contributed by atoms with Crippen molar-refractivity contribution in [3.8, 4) is 0 Å². The number of rotatable bonds is 5. The van der Waals surface area contributed by atoms with E-state index in [-0.39, 0.29) is 11.9 Å². The van der Waals surface area contributed by atoms with Gasteiger partial charge in [0.1, 0.15) is 0 Å². The zero-order chi connectivity index (χ0) is 18.5. The minimum Gasteiger partial charge on any atom is -0.381 e. The Labute approximate surface area is 160 Å². The van der Waals surface area contributed by atoms with Gasteiger partial charge in [-0.05, 0) is 35.7 Å². The summed E-state index contributed by atoms with van der Waals surface area (Å²) in [6.45, 7) is 6.62. The van der Waals surface area contributed by atoms with Crippen LogP contribution in [0.1, 0.15) is 23.2 Å². The third-order valence-corrected chi connectivity index (χ3v) is 5.65. The molecular weight excluding hydrogens is 340 g/mol. The lowest BCUT2D eigenvalue weighted by molar-refractivity contribution is 0.0141. The van der Waals surface area contributed by atoms with Crippen molar-refractivity contribution in [2.45, 2.75) is 18.9 Å². The van der Waals surface area contributed by atoms with Gasteiger partial charge in [0.25, 0.3) is 5.91 Å². The first-order valence-corrected chi connectivity index (χ1v) is 9.99. The van der Waals surface area contributed by atoms with Crippen LogP contribution < -0.4 is 0 Å². The van der Waals surface area contributed by atoms with Gasteiger partial charge in [-0.15, -0.1) is 0 Å². The minimum absolute atomic E-state index is 0.140. The normalized spacial score (nSPS) is 19.3. The molecular formula is C22H28N2O3. The molecule has 0 bridgehead atoms. The van der Waals surface area contributed by atoms with E-state index in [1.54, 1.807) is 0 Å². The average molecular weight is 368 g/mol. The molecule has 2 aliphatic heterocycles. The molecule has 4 rings (SSSR count). The van der Waals surface area contributed by atoms with E-state index in [1.165, 1.54) is 5.39 Å². The maximum atomic E-state index is 13.4. The molecule has 2 saturated heterocycles. The summed E-state index contributed by atoms with van der Waals surface area (Å²) in [5, 5.41) is 2.28. The first kappa shape index (κ1) is 18.4. The Morgan fingerprint density at radius 3 is 2.44 bits per heavy atom. The fourth-order valence-electron chi connectivity index (χ4n) is 4.01. The van der Waals surface area contributed by atoms with Crippen LogP contribution in [0.3, 0.4) is 0 Å². The number of fused-ring (bicyclic) bond motifs is 1. The van der Waals surface area contributed by atoms with Gasteiger partial charge in [-0.1, -0.05) is 30.3 Å². The van der Waals surface area contributed by atoms with Crippen molar-refractivity contribution >= 4 is 16.7 Å². The Bertz CT molecular complexity index is 767. The summed E-state index contributed by atoms with van der Waals surface area (Å²) in [5.41, 5.74) is 0.780. The Hall–Kier alpha value is -1.95. The van der Waals surface area contributed by atoms with Gasteiger partial charge >= 0.3 is 0 Å². The second-order valence-corrected chi connectivity index (χ2v) is 7.36. The van der Waals surface area contributed by atoms with Crippen molar-refractivity contribution < 1.29 is 14.3 Å². The third-order valence-electron chi connectivity index (χ3n) is 5.65. The van der Waals surface area contributed by atoms with Gasteiger partial charge in [-0.3, -0.25) is 9.69 Å². The lowest BCUT2D eigenvalue weighted by Gasteiger charge is -2.36. The van der Waals surface area contributed by atoms with Gasteiger partial charge in [0.15, 0.2) is 0 Å². The van der Waals surface area contributed by atoms with E-state index in [9.17, 15) is 4.79 Å². The molecule has 1 amide bonds. The summed E-state index contributed by atoms with van der Waals surface area (Å²) in [5.74, 6) is 0.140. The highest BCUT2D eigenvalue weighted by molar-refractivity contribution is 5.98. The molecule has 5 heteroatoms. The quantitative estimate of drug-likeness (QED) is 0.814. The third kappa shape index (κ3) is 4.49. The van der Waals surface area contributed by atoms with Crippen LogP contribution >= 0.6 is 0 Å². The molecule has 0 radical (unpaired) electrons. The standard InChI is InChI=1S/C22H28N2O3/c25-22(20-6-5-18-3-1-2-4-19(18)17-20)24(21-7-13-26-14-8-21)10-9-23-11-15-27-16-12-23/h1-6,17,21H,7-16H2. The predicted molar refractivity (Wildman–Crippen MR) is 106 cm³/mol. The second kappa shape index (κ2) is 8.83. The molecule has 0 spiro atoms. The molecule has 2 aliphatic rings. The Kier molecular flexibility index (Phi) is 6.02. The predicted octanol–water partition coefficient (Wildman–Crippen LogP) is 2.79. The van der Waals surface area contributed by atoms with Crippen LogP contribution in [0.15, 0.2) is 42.5 Å². The van der Waals surface area contributed by atoms with E-state index >= 15 is 0 Å². The van der Waals surface area contributed by atoms with Crippen molar-refractivity contribution in [3.63, 3.8) is 0 Å². The van der Waals surface area contributed by atoms with Crippen LogP contribution in [0, 0.1) is 0 Å². The van der Waals surface area contributed by atoms with E-state index in [0.29, 0.717) is 0 Å². The molecule has 27 heavy (non-hydrogen) atoms. The zero-order valence-electron chi connectivity index (χ0n) is 15.8. The molecule has 2 heterocycles. The molecule has 0 unspecified atom stereocenters. The summed E-state index contributed by atoms with van der Waals surface area (Å²) in [7, 11) is 0. The molecule has 144 valence electrons. The average Bonchev–Trinajstić information content (AvgIpc) is 2.75. The largest absolute Gasteiger partial charge is 0.381 e. The van der Waals surface area contributed by atoms with E-state index in [0.717, 1.165) is 76.4 Å². The fourth-order valence-corrected chi connectivity index (χ4v) is 4.01. The lowest BCUT2D eigenvalue weighted by Crippen LogP contribution is -2.48. The zero-order valence-corrected chi connectivity index (χ0v) is 15.8. The highest BCUT2D eigenvalue weighted by Crippen LogP contribution is 2.21. The van der Waals surface area contributed by atoms with E-state index < -0.39 is 0 Å². The van der Waals surface area contributed by atoms with Gasteiger partial charge in [0.05, 0.1) is 13.2 Å². The van der Waals surface area contributed by atoms with Gasteiger partial charge < -0.3 is 14.4 Å². The second-order valence-electron chi connectivity index (χ2n) is 7.36. The smallest absolute Gasteiger partial charge is 0.254 e. The first-order valence-electron chi connectivity index (χ1n) is 9.99. The number of ether oxygens (including phenoxy) is 2. The van der Waals surface area contributed by atoms with Crippen molar-refractivity contribution in [1.29, 1.82) is 0 Å². The van der Waals surface area contributed by atoms with E-state index in [2.05, 4.69) is 21.9 Å². The number of morpholine rings is 1. The number of hydrogen-bond donors (Lipinski definition) is 0. The summed E-state index contributed by atoms with van der Waals surface area (Å²) in [6.07, 6.45) is 1.84. The van der Waals surface area contributed by atoms with Gasteiger partial charge in [-0.25, -0.2) is 0 Å². The maximum absolute atomic E-state index is 13.4. The van der Waals surface area contributed by atoms with Crippen LogP contribution in [0.4, 0.5) is 0 Å². The van der Waals surface area contributed by atoms with Gasteiger partial charge in [0.2, 0.25) is 0 Å². The highest BCUT2D eigenvalue weighted by atomic mass is 16.5. The van der Waals surface area contributed by atoms with E-state index in [4.69, 9.17) is 9.47 Å². The molecule has 0 atom stereocenters. The van der Waals surface area contributed by atoms with Crippen LogP contribution in [0.5, 0.6) is 0 Å². The Morgan fingerprint density at radius 1 is 0.963 bits per heavy atom. The molecule has 0 aliphatic carbocycles. The SMILES string of the molecule is O=C(c1ccc2ccccc2c1)N(CCN1CCOCC1)C1CCOCC1. The topological polar surface area (TPSA) is 42.0 Å². The summed E-state index contributed by atoms with van der Waals surface area (Å²) in [4.78, 5) is 17.9. The summed E-state index contributed by atoms with van der Waals surface area (Å²) < 4.78 is 11.0. The van der Waals surface area contributed by atoms with Crippen molar-refractivity contribution in [1.82, 2.24) is 9.80 Å². The number of benzene rings is 2. The fraction of sp³-hybridized carbons (Fsp3) is 0.500. The van der Waals surface area contributed by atoms with E-state index in [1.807, 2.05) is 30.3 Å². The first-order chi connectivity index (χ1) is 13.3. The van der Waals surface area contributed by atoms with Crippen molar-refractivity contribution in [2.75, 3.05) is 52.6 Å². The number of hydrogen-bond acceptors (Lipinski definition) is 4. The maximum Gasteiger partial charge on any atom is 0.254 e. The van der Waals surface area contributed by atoms with Crippen LogP contribution in [0.25, 0.3) is 10.8 Å². The molecule has 0 saturated carbocycles. The molecule has 2 fully saturated rings. The van der Waals surface area contributed by atoms with Gasteiger partial charge in [-0.2, -0.15) is 0 Å². The highest BCUT2D eigenvalue weighted by Gasteiger charge is 2.27. The monoisotopic (exact) mass is 368 g/mol. The molecule has 0 aromatic heterocycles. The summed E-state index contributed by atoms with van der Waals surface area (Å²) >= 11 is 0. The summed E-state index contributed by atoms with van der Waals surface area (Å²) in [6, 6.07) is 14.5. The number of amides is 1. The lowest BCUT2D eigenvalue weighted by atomic mass is 10.0. The van der Waals surface area contributed by atoms with Crippen molar-refractivity contribution in [2.24, 2.45) is 0 Å². The minimum atomic E-state index is 0.140. The van der Waals surface area contributed by atoms with Crippen LogP contribution in [-0.2, 0) is 9.47 Å². The molecule has 5 nitrogen and oxygen atoms in total. The number of carbonyl (C=O) groups excluding carboxylic acids is 1. The van der Waals surface area contributed by atoms with Gasteiger partial charge in [0, 0.05) is 51.0 Å². The van der Waals surface area contributed by atoms with Crippen LogP contribution in [0.2, 0.25) is 0 Å². The number of nitrogens with zero attached hydrogens (tertiary/aromatic N) is 2. The molecule has 2 aromatic carbocycles. The Morgan fingerprint density at radius 2 is 1.67 bits per heavy atom. The van der Waals surface area contributed by atoms with Crippen molar-refractivity contribution in [3.05, 3.63) is 48.0 Å².